The molecule has 0 heterocycles. The van der Waals surface area contributed by atoms with Gasteiger partial charge in [-0.05, 0) is 61.7 Å². The van der Waals surface area contributed by atoms with Crippen LogP contribution in [-0.2, 0) is 15.6 Å². The fourth-order valence-corrected chi connectivity index (χ4v) is 5.26. The summed E-state index contributed by atoms with van der Waals surface area (Å²) in [6.45, 7) is 21.6. The van der Waals surface area contributed by atoms with E-state index >= 15 is 0 Å². The lowest BCUT2D eigenvalue weighted by Crippen LogP contribution is -2.48. The summed E-state index contributed by atoms with van der Waals surface area (Å²) in [5.41, 5.74) is 2.88. The Morgan fingerprint density at radius 1 is 1.19 bits per heavy atom. The number of nitrogens with one attached hydrogen (secondary N) is 1. The normalized spacial score (nSPS) is 13.3. The molecule has 1 N–H and O–H groups in total. The van der Waals surface area contributed by atoms with E-state index in [-0.39, 0.29) is 23.3 Å². The summed E-state index contributed by atoms with van der Waals surface area (Å²) in [7, 11) is -2.18. The van der Waals surface area contributed by atoms with Crippen LogP contribution < -0.4 is 5.32 Å². The second-order valence-electron chi connectivity index (χ2n) is 10.5. The third-order valence-corrected chi connectivity index (χ3v) is 12.0. The van der Waals surface area contributed by atoms with Crippen LogP contribution in [0.1, 0.15) is 54.7 Å². The first-order chi connectivity index (χ1) is 16.7. The summed E-state index contributed by atoms with van der Waals surface area (Å²) >= 11 is 6.40. The number of hydrogen-bond donors (Lipinski definition) is 1. The molecule has 0 unspecified atom stereocenters. The Morgan fingerprint density at radius 3 is 2.33 bits per heavy atom. The van der Waals surface area contributed by atoms with E-state index in [1.807, 2.05) is 26.0 Å². The molecular weight excluding hydrogens is 490 g/mol. The van der Waals surface area contributed by atoms with Crippen LogP contribution >= 0.6 is 11.6 Å². The number of nitrogens with zero attached hydrogens (tertiary/aromatic N) is 2. The second-order valence-corrected chi connectivity index (χ2v) is 15.7. The van der Waals surface area contributed by atoms with E-state index in [0.717, 1.165) is 11.1 Å². The van der Waals surface area contributed by atoms with Crippen LogP contribution in [-0.4, -0.2) is 32.7 Å². The van der Waals surface area contributed by atoms with Crippen molar-refractivity contribution in [2.75, 3.05) is 6.54 Å². The zero-order chi connectivity index (χ0) is 27.3. The van der Waals surface area contributed by atoms with Gasteiger partial charge in [-0.25, -0.2) is 4.85 Å². The molecule has 0 radical (unpaired) electrons. The smallest absolute Gasteiger partial charge is 0.226 e. The molecule has 6 nitrogen and oxygen atoms in total. The van der Waals surface area contributed by atoms with Crippen molar-refractivity contribution >= 4 is 37.3 Å². The van der Waals surface area contributed by atoms with E-state index in [1.54, 1.807) is 30.3 Å². The Labute approximate surface area is 220 Å². The van der Waals surface area contributed by atoms with Crippen LogP contribution in [0.25, 0.3) is 4.85 Å². The van der Waals surface area contributed by atoms with E-state index in [1.165, 1.54) is 0 Å². The minimum absolute atomic E-state index is 0.0374. The highest BCUT2D eigenvalue weighted by Gasteiger charge is 2.41. The first-order valence-electron chi connectivity index (χ1n) is 11.9. The number of rotatable bonds is 9. The lowest BCUT2D eigenvalue weighted by molar-refractivity contribution is -0.127. The lowest BCUT2D eigenvalue weighted by Gasteiger charge is -2.40. The average Bonchev–Trinajstić information content (AvgIpc) is 2.82. The third-order valence-electron chi connectivity index (χ3n) is 6.99. The van der Waals surface area contributed by atoms with E-state index < -0.39 is 20.3 Å². The van der Waals surface area contributed by atoms with E-state index in [0.29, 0.717) is 28.3 Å². The number of nitriles is 1. The first-order valence-corrected chi connectivity index (χ1v) is 15.1. The standard InChI is InChI=1S/C28H34ClN3O3Si/c1-18-22(13-14-24(31-6)26(18)29)15-23(19(2)35-36(7,8)28(3,4)5)27(34)32-17-25(33)21-11-9-20(16-30)10-12-21/h9-14,19,23H,15,17H2,1-5,7-8H3,(H,32,34)/t19-,23+/m0/s1. The van der Waals surface area contributed by atoms with Gasteiger partial charge < -0.3 is 9.74 Å². The Bertz CT molecular complexity index is 1200. The highest BCUT2D eigenvalue weighted by atomic mass is 35.5. The van der Waals surface area contributed by atoms with Crippen LogP contribution in [0, 0.1) is 30.7 Å². The molecule has 0 bridgehead atoms. The van der Waals surface area contributed by atoms with Crippen molar-refractivity contribution in [3.63, 3.8) is 0 Å². The highest BCUT2D eigenvalue weighted by molar-refractivity contribution is 6.74. The van der Waals surface area contributed by atoms with Crippen molar-refractivity contribution in [2.24, 2.45) is 5.92 Å². The van der Waals surface area contributed by atoms with Crippen LogP contribution in [0.5, 0.6) is 0 Å². The van der Waals surface area contributed by atoms with Gasteiger partial charge in [0.25, 0.3) is 0 Å². The van der Waals surface area contributed by atoms with E-state index in [9.17, 15) is 9.59 Å². The first kappa shape index (κ1) is 29.3. The molecule has 0 aliphatic carbocycles. The minimum Gasteiger partial charge on any atom is -0.413 e. The molecule has 0 aliphatic rings. The Kier molecular flexibility index (Phi) is 9.62. The van der Waals surface area contributed by atoms with Crippen molar-refractivity contribution in [2.45, 2.75) is 65.3 Å². The van der Waals surface area contributed by atoms with Crippen LogP contribution in [0.3, 0.4) is 0 Å². The number of hydrogen-bond acceptors (Lipinski definition) is 4. The summed E-state index contributed by atoms with van der Waals surface area (Å²) < 4.78 is 6.57. The van der Waals surface area contributed by atoms with Crippen LogP contribution in [0.15, 0.2) is 36.4 Å². The highest BCUT2D eigenvalue weighted by Crippen LogP contribution is 2.39. The molecule has 2 aromatic carbocycles. The zero-order valence-electron chi connectivity index (χ0n) is 22.0. The van der Waals surface area contributed by atoms with Gasteiger partial charge in [-0.2, -0.15) is 5.26 Å². The minimum atomic E-state index is -2.18. The van der Waals surface area contributed by atoms with Crippen molar-refractivity contribution in [1.82, 2.24) is 5.32 Å². The van der Waals surface area contributed by atoms with Gasteiger partial charge in [0, 0.05) is 5.56 Å². The van der Waals surface area contributed by atoms with Crippen molar-refractivity contribution in [3.05, 3.63) is 75.1 Å². The molecule has 0 saturated carbocycles. The predicted molar refractivity (Wildman–Crippen MR) is 146 cm³/mol. The third kappa shape index (κ3) is 7.04. The molecule has 2 atom stereocenters. The van der Waals surface area contributed by atoms with Gasteiger partial charge in [0.1, 0.15) is 0 Å². The topological polar surface area (TPSA) is 83.5 Å². The summed E-state index contributed by atoms with van der Waals surface area (Å²) in [5, 5.41) is 12.1. The van der Waals surface area contributed by atoms with Crippen molar-refractivity contribution in [1.29, 1.82) is 5.26 Å². The number of Topliss-reactive ketones (excluding diaryl/α,β-unsaturated/α-hetero) is 1. The summed E-state index contributed by atoms with van der Waals surface area (Å²) in [6.07, 6.45) is -0.0501. The molecule has 8 heteroatoms. The maximum Gasteiger partial charge on any atom is 0.226 e. The number of carbonyl (C=O) groups excluding carboxylic acids is 2. The molecule has 1 amide bonds. The van der Waals surface area contributed by atoms with Gasteiger partial charge in [-0.3, -0.25) is 9.59 Å². The largest absolute Gasteiger partial charge is 0.413 e. The van der Waals surface area contributed by atoms with Gasteiger partial charge in [-0.1, -0.05) is 56.6 Å². The quantitative estimate of drug-likeness (QED) is 0.227. The van der Waals surface area contributed by atoms with Gasteiger partial charge in [0.2, 0.25) is 11.6 Å². The fraction of sp³-hybridized carbons (Fsp3) is 0.429. The van der Waals surface area contributed by atoms with Gasteiger partial charge >= 0.3 is 0 Å². The molecule has 0 saturated heterocycles. The summed E-state index contributed by atoms with van der Waals surface area (Å²) in [4.78, 5) is 29.5. The summed E-state index contributed by atoms with van der Waals surface area (Å²) in [6, 6.07) is 11.8. The summed E-state index contributed by atoms with van der Waals surface area (Å²) in [5.74, 6) is -1.10. The Hall–Kier alpha value is -2.97. The molecule has 0 fully saturated rings. The Morgan fingerprint density at radius 2 is 1.81 bits per heavy atom. The Balaban J connectivity index is 2.29. The van der Waals surface area contributed by atoms with Crippen LogP contribution in [0.2, 0.25) is 23.2 Å². The SMILES string of the molecule is [C-]#[N+]c1ccc(C[C@@H](C(=O)NCC(=O)c2ccc(C#N)cc2)[C@H](C)O[Si](C)(C)C(C)(C)C)c(C)c1Cl. The monoisotopic (exact) mass is 523 g/mol. The lowest BCUT2D eigenvalue weighted by atomic mass is 9.91. The van der Waals surface area contributed by atoms with Gasteiger partial charge in [-0.15, -0.1) is 0 Å². The van der Waals surface area contributed by atoms with Gasteiger partial charge in [0.15, 0.2) is 14.1 Å². The number of ketones is 1. The maximum atomic E-state index is 13.4. The van der Waals surface area contributed by atoms with E-state index in [2.05, 4.69) is 44.0 Å². The molecule has 0 aromatic heterocycles. The van der Waals surface area contributed by atoms with Crippen molar-refractivity contribution in [3.8, 4) is 6.07 Å². The molecule has 0 aliphatic heterocycles. The molecule has 2 aromatic rings. The molecule has 0 spiro atoms. The number of halogens is 1. The van der Waals surface area contributed by atoms with Crippen molar-refractivity contribution < 1.29 is 14.0 Å². The zero-order valence-corrected chi connectivity index (χ0v) is 23.8. The van der Waals surface area contributed by atoms with Crippen LogP contribution in [0.4, 0.5) is 5.69 Å². The van der Waals surface area contributed by atoms with E-state index in [4.69, 9.17) is 27.9 Å². The predicted octanol–water partition coefficient (Wildman–Crippen LogP) is 6.64. The second kappa shape index (κ2) is 11.8. The molecule has 36 heavy (non-hydrogen) atoms. The molecular formula is C28H34ClN3O3Si. The molecule has 2 rings (SSSR count). The number of carbonyl (C=O) groups is 2. The maximum absolute atomic E-state index is 13.4. The fourth-order valence-electron chi connectivity index (χ4n) is 3.58. The number of amides is 1. The van der Waals surface area contributed by atoms with Gasteiger partial charge in [0.05, 0.1) is 41.8 Å². The average molecular weight is 524 g/mol. The molecule has 190 valence electrons. The number of benzene rings is 2.